The molecule has 0 unspecified atom stereocenters. The molecule has 12 heteroatoms. The summed E-state index contributed by atoms with van der Waals surface area (Å²) >= 11 is 0. The number of hydrogen-bond acceptors (Lipinski definition) is 9. The number of amides is 1. The SMILES string of the molecule is COc1ccc(C(OC[C@H]2O[C@@H](n3ccc(=O)[nH]c3=O)[C@H](OCCC(N)=O)[C@@H]2O)(c2ccccc2)c2ccc(OC)cc2)cc1. The van der Waals surface area contributed by atoms with Crippen molar-refractivity contribution in [1.29, 1.82) is 0 Å². The van der Waals surface area contributed by atoms with Crippen LogP contribution in [0.2, 0.25) is 0 Å². The number of aliphatic hydroxyl groups is 1. The third-order valence-electron chi connectivity index (χ3n) is 7.73. The Bertz CT molecular complexity index is 1640. The summed E-state index contributed by atoms with van der Waals surface area (Å²) < 4.78 is 30.9. The highest BCUT2D eigenvalue weighted by Crippen LogP contribution is 2.43. The number of aliphatic hydroxyl groups excluding tert-OH is 1. The number of nitrogens with one attached hydrogen (secondary N) is 1. The van der Waals surface area contributed by atoms with Gasteiger partial charge in [0.25, 0.3) is 5.56 Å². The zero-order chi connectivity index (χ0) is 32.0. The van der Waals surface area contributed by atoms with E-state index in [1.165, 1.54) is 6.20 Å². The molecular formula is C33H35N3O9. The summed E-state index contributed by atoms with van der Waals surface area (Å²) in [5.41, 5.74) is 5.09. The van der Waals surface area contributed by atoms with E-state index in [9.17, 15) is 19.5 Å². The molecular weight excluding hydrogens is 582 g/mol. The Hall–Kier alpha value is -4.75. The standard InChI is InChI=1S/C33H35N3O9/c1-41-24-12-8-22(9-13-24)33(21-6-4-3-5-7-21,23-10-14-25(42-2)15-11-23)44-20-26-29(39)30(43-19-17-27(34)37)31(45-26)36-18-16-28(38)35-32(36)40/h3-16,18,26,29-31,39H,17,19-20H2,1-2H3,(H2,34,37)(H,35,38,40)/t26-,29-,30-,31-/m1/s1. The number of nitrogens with two attached hydrogens (primary N) is 1. The van der Waals surface area contributed by atoms with Gasteiger partial charge in [0.05, 0.1) is 27.4 Å². The molecule has 2 heterocycles. The molecule has 1 amide bonds. The van der Waals surface area contributed by atoms with Crippen LogP contribution >= 0.6 is 0 Å². The van der Waals surface area contributed by atoms with Crippen molar-refractivity contribution < 1.29 is 33.6 Å². The Kier molecular flexibility index (Phi) is 9.79. The van der Waals surface area contributed by atoms with E-state index in [1.54, 1.807) is 14.2 Å². The second-order valence-corrected chi connectivity index (χ2v) is 10.4. The van der Waals surface area contributed by atoms with Crippen LogP contribution in [0.4, 0.5) is 0 Å². The molecule has 0 aliphatic carbocycles. The minimum absolute atomic E-state index is 0.107. The number of ether oxygens (including phenoxy) is 5. The molecule has 0 spiro atoms. The lowest BCUT2D eigenvalue weighted by atomic mass is 9.80. The number of rotatable bonds is 13. The van der Waals surface area contributed by atoms with Crippen molar-refractivity contribution in [3.63, 3.8) is 0 Å². The number of carbonyl (C=O) groups excluding carboxylic acids is 1. The van der Waals surface area contributed by atoms with Gasteiger partial charge in [-0.1, -0.05) is 54.6 Å². The average molecular weight is 618 g/mol. The second kappa shape index (κ2) is 13.9. The van der Waals surface area contributed by atoms with Crippen LogP contribution in [0.15, 0.2) is 101 Å². The number of H-pyrrole nitrogens is 1. The number of primary amides is 1. The van der Waals surface area contributed by atoms with Gasteiger partial charge in [0.2, 0.25) is 5.91 Å². The lowest BCUT2D eigenvalue weighted by Crippen LogP contribution is -2.41. The van der Waals surface area contributed by atoms with Gasteiger partial charge in [-0.3, -0.25) is 19.1 Å². The summed E-state index contributed by atoms with van der Waals surface area (Å²) in [4.78, 5) is 38.0. The molecule has 4 atom stereocenters. The monoisotopic (exact) mass is 617 g/mol. The van der Waals surface area contributed by atoms with E-state index in [2.05, 4.69) is 4.98 Å². The highest BCUT2D eigenvalue weighted by Gasteiger charge is 2.48. The van der Waals surface area contributed by atoms with Gasteiger partial charge in [-0.25, -0.2) is 4.79 Å². The van der Waals surface area contributed by atoms with Crippen molar-refractivity contribution in [2.75, 3.05) is 27.4 Å². The largest absolute Gasteiger partial charge is 0.497 e. The number of benzene rings is 3. The van der Waals surface area contributed by atoms with Gasteiger partial charge in [-0.2, -0.15) is 0 Å². The molecule has 1 saturated heterocycles. The maximum absolute atomic E-state index is 12.7. The third-order valence-corrected chi connectivity index (χ3v) is 7.73. The predicted molar refractivity (Wildman–Crippen MR) is 163 cm³/mol. The number of aromatic amines is 1. The summed E-state index contributed by atoms with van der Waals surface area (Å²) in [7, 11) is 3.18. The van der Waals surface area contributed by atoms with E-state index < -0.39 is 47.3 Å². The van der Waals surface area contributed by atoms with E-state index in [1.807, 2.05) is 78.9 Å². The fraction of sp³-hybridized carbons (Fsp3) is 0.303. The van der Waals surface area contributed by atoms with Crippen molar-refractivity contribution in [2.45, 2.75) is 36.6 Å². The zero-order valence-corrected chi connectivity index (χ0v) is 24.8. The molecule has 0 bridgehead atoms. The smallest absolute Gasteiger partial charge is 0.330 e. The predicted octanol–water partition coefficient (Wildman–Crippen LogP) is 2.08. The van der Waals surface area contributed by atoms with Gasteiger partial charge in [0, 0.05) is 18.7 Å². The quantitative estimate of drug-likeness (QED) is 0.191. The highest BCUT2D eigenvalue weighted by molar-refractivity contribution is 5.73. The molecule has 4 aromatic rings. The fourth-order valence-corrected chi connectivity index (χ4v) is 5.46. The topological polar surface area (TPSA) is 164 Å². The van der Waals surface area contributed by atoms with Gasteiger partial charge < -0.3 is 34.5 Å². The molecule has 1 aromatic heterocycles. The van der Waals surface area contributed by atoms with Crippen LogP contribution in [0.3, 0.4) is 0 Å². The van der Waals surface area contributed by atoms with Gasteiger partial charge in [-0.05, 0) is 41.0 Å². The minimum Gasteiger partial charge on any atom is -0.497 e. The van der Waals surface area contributed by atoms with Crippen LogP contribution in [0.25, 0.3) is 0 Å². The van der Waals surface area contributed by atoms with E-state index in [0.717, 1.165) is 27.3 Å². The molecule has 4 N–H and O–H groups in total. The molecule has 236 valence electrons. The van der Waals surface area contributed by atoms with Crippen LogP contribution in [0, 0.1) is 0 Å². The molecule has 1 aliphatic heterocycles. The maximum atomic E-state index is 12.7. The first-order valence-corrected chi connectivity index (χ1v) is 14.3. The maximum Gasteiger partial charge on any atom is 0.330 e. The Morgan fingerprint density at radius 3 is 2.02 bits per heavy atom. The summed E-state index contributed by atoms with van der Waals surface area (Å²) in [6.07, 6.45) is -3.36. The van der Waals surface area contributed by atoms with Crippen LogP contribution in [-0.4, -0.2) is 66.3 Å². The second-order valence-electron chi connectivity index (χ2n) is 10.4. The van der Waals surface area contributed by atoms with E-state index in [4.69, 9.17) is 29.4 Å². The van der Waals surface area contributed by atoms with Gasteiger partial charge in [-0.15, -0.1) is 0 Å². The van der Waals surface area contributed by atoms with Crippen molar-refractivity contribution in [1.82, 2.24) is 9.55 Å². The molecule has 1 fully saturated rings. The molecule has 0 saturated carbocycles. The van der Waals surface area contributed by atoms with Crippen LogP contribution in [0.5, 0.6) is 11.5 Å². The summed E-state index contributed by atoms with van der Waals surface area (Å²) in [6, 6.07) is 25.7. The van der Waals surface area contributed by atoms with E-state index in [0.29, 0.717) is 11.5 Å². The van der Waals surface area contributed by atoms with Gasteiger partial charge in [0.15, 0.2) is 6.23 Å². The lowest BCUT2D eigenvalue weighted by molar-refractivity contribution is -0.121. The Balaban J connectivity index is 1.55. The van der Waals surface area contributed by atoms with Crippen LogP contribution < -0.4 is 26.5 Å². The summed E-state index contributed by atoms with van der Waals surface area (Å²) in [5, 5.41) is 11.5. The lowest BCUT2D eigenvalue weighted by Gasteiger charge is -2.37. The van der Waals surface area contributed by atoms with Crippen molar-refractivity contribution in [3.05, 3.63) is 129 Å². The molecule has 45 heavy (non-hydrogen) atoms. The van der Waals surface area contributed by atoms with Crippen molar-refractivity contribution in [2.24, 2.45) is 5.73 Å². The molecule has 3 aromatic carbocycles. The zero-order valence-electron chi connectivity index (χ0n) is 24.8. The average Bonchev–Trinajstić information content (AvgIpc) is 3.36. The number of carbonyl (C=O) groups is 1. The number of hydrogen-bond donors (Lipinski definition) is 3. The summed E-state index contributed by atoms with van der Waals surface area (Å²) in [5.74, 6) is 0.734. The Morgan fingerprint density at radius 2 is 1.49 bits per heavy atom. The molecule has 12 nitrogen and oxygen atoms in total. The summed E-state index contributed by atoms with van der Waals surface area (Å²) in [6.45, 7) is -0.271. The number of nitrogens with zero attached hydrogens (tertiary/aromatic N) is 1. The normalized spacial score (nSPS) is 19.7. The minimum atomic E-state index is -1.29. The molecule has 1 aliphatic rings. The Labute approximate surface area is 258 Å². The molecule has 0 radical (unpaired) electrons. The number of methoxy groups -OCH3 is 2. The third kappa shape index (κ3) is 6.69. The number of aromatic nitrogens is 2. The van der Waals surface area contributed by atoms with Gasteiger partial charge in [0.1, 0.15) is 35.4 Å². The van der Waals surface area contributed by atoms with E-state index in [-0.39, 0.29) is 19.6 Å². The van der Waals surface area contributed by atoms with Gasteiger partial charge >= 0.3 is 5.69 Å². The van der Waals surface area contributed by atoms with Crippen molar-refractivity contribution in [3.8, 4) is 11.5 Å². The van der Waals surface area contributed by atoms with E-state index >= 15 is 0 Å². The Morgan fingerprint density at radius 1 is 0.911 bits per heavy atom. The highest BCUT2D eigenvalue weighted by atomic mass is 16.6. The fourth-order valence-electron chi connectivity index (χ4n) is 5.46. The van der Waals surface area contributed by atoms with Crippen LogP contribution in [0.1, 0.15) is 29.3 Å². The van der Waals surface area contributed by atoms with Crippen LogP contribution in [-0.2, 0) is 24.6 Å². The first-order chi connectivity index (χ1) is 21.8. The first kappa shape index (κ1) is 31.7. The first-order valence-electron chi connectivity index (χ1n) is 14.3. The molecule has 5 rings (SSSR count). The van der Waals surface area contributed by atoms with Crippen molar-refractivity contribution >= 4 is 5.91 Å².